The number of hydrogen-bond acceptors (Lipinski definition) is 5. The molecule has 0 saturated heterocycles. The van der Waals surface area contributed by atoms with E-state index in [9.17, 15) is 14.7 Å². The van der Waals surface area contributed by atoms with Gasteiger partial charge in [0.1, 0.15) is 0 Å². The predicted molar refractivity (Wildman–Crippen MR) is 44.0 cm³/mol. The van der Waals surface area contributed by atoms with E-state index in [1.54, 1.807) is 0 Å². The molecule has 0 atom stereocenters. The first-order valence-electron chi connectivity index (χ1n) is 4.00. The maximum atomic E-state index is 11.2. The molecule has 0 aromatic heterocycles. The van der Waals surface area contributed by atoms with Crippen LogP contribution in [0.5, 0.6) is 17.2 Å². The smallest absolute Gasteiger partial charge is 0.349 e. The standard InChI is InChI=1S/C9H6O6/c10-5-2-7-6(1-4(5)9(12)13)14-3-8(11)15-7/h1-2,10H,3H2,(H,12,13)/p-1. The molecule has 0 amide bonds. The van der Waals surface area contributed by atoms with Crippen LogP contribution < -0.4 is 14.6 Å². The van der Waals surface area contributed by atoms with E-state index in [-0.39, 0.29) is 18.1 Å². The molecule has 1 heterocycles. The minimum absolute atomic E-state index is 0.0405. The monoisotopic (exact) mass is 209 g/mol. The van der Waals surface area contributed by atoms with E-state index in [0.29, 0.717) is 0 Å². The van der Waals surface area contributed by atoms with Crippen molar-refractivity contribution in [1.82, 2.24) is 0 Å². The largest absolute Gasteiger partial charge is 0.872 e. The van der Waals surface area contributed by atoms with Gasteiger partial charge < -0.3 is 19.7 Å². The lowest BCUT2D eigenvalue weighted by molar-refractivity contribution is -0.269. The molecular weight excluding hydrogens is 204 g/mol. The Kier molecular flexibility index (Phi) is 1.96. The van der Waals surface area contributed by atoms with Gasteiger partial charge in [-0.25, -0.2) is 9.59 Å². The zero-order valence-electron chi connectivity index (χ0n) is 7.35. The summed E-state index contributed by atoms with van der Waals surface area (Å²) in [7, 11) is 0. The number of ether oxygens (including phenoxy) is 2. The van der Waals surface area contributed by atoms with Crippen molar-refractivity contribution in [1.29, 1.82) is 0 Å². The number of hydrogen-bond donors (Lipinski definition) is 1. The summed E-state index contributed by atoms with van der Waals surface area (Å²) >= 11 is 0. The van der Waals surface area contributed by atoms with E-state index in [4.69, 9.17) is 14.6 Å². The van der Waals surface area contributed by atoms with Gasteiger partial charge in [0.25, 0.3) is 0 Å². The van der Waals surface area contributed by atoms with Gasteiger partial charge in [-0.2, -0.15) is 0 Å². The first kappa shape index (κ1) is 9.32. The molecular formula is C9H5O6-. The lowest BCUT2D eigenvalue weighted by atomic mass is 10.1. The van der Waals surface area contributed by atoms with E-state index >= 15 is 0 Å². The molecule has 1 aliphatic rings. The van der Waals surface area contributed by atoms with Gasteiger partial charge in [0.15, 0.2) is 18.1 Å². The summed E-state index contributed by atoms with van der Waals surface area (Å²) in [5, 5.41) is 19.9. The summed E-state index contributed by atoms with van der Waals surface area (Å²) in [5.74, 6) is -2.64. The first-order chi connectivity index (χ1) is 7.08. The number of carbonyl (C=O) groups excluding carboxylic acids is 1. The fourth-order valence-corrected chi connectivity index (χ4v) is 1.19. The number of benzene rings is 1. The van der Waals surface area contributed by atoms with E-state index in [1.165, 1.54) is 0 Å². The number of carboxylic acids is 1. The van der Waals surface area contributed by atoms with Crippen LogP contribution in [0.25, 0.3) is 0 Å². The number of carboxylic acid groups (broad SMARTS) is 1. The minimum Gasteiger partial charge on any atom is -0.872 e. The fourth-order valence-electron chi connectivity index (χ4n) is 1.19. The molecule has 6 heteroatoms. The van der Waals surface area contributed by atoms with Crippen molar-refractivity contribution in [2.75, 3.05) is 6.61 Å². The highest BCUT2D eigenvalue weighted by atomic mass is 16.6. The minimum atomic E-state index is -1.34. The summed E-state index contributed by atoms with van der Waals surface area (Å²) in [5.41, 5.74) is -0.410. The second kappa shape index (κ2) is 3.16. The van der Waals surface area contributed by atoms with Crippen LogP contribution in [0.4, 0.5) is 0 Å². The van der Waals surface area contributed by atoms with Crippen LogP contribution in [0.1, 0.15) is 10.4 Å². The molecule has 2 rings (SSSR count). The molecule has 0 spiro atoms. The predicted octanol–water partition coefficient (Wildman–Crippen LogP) is -0.244. The SMILES string of the molecule is O=C1COc2cc(C(=O)O)c([O-])cc2O1. The van der Waals surface area contributed by atoms with Gasteiger partial charge in [-0.1, -0.05) is 5.75 Å². The van der Waals surface area contributed by atoms with Gasteiger partial charge in [-0.05, 0) is 12.1 Å². The third-order valence-corrected chi connectivity index (χ3v) is 1.85. The zero-order valence-corrected chi connectivity index (χ0v) is 7.35. The van der Waals surface area contributed by atoms with Gasteiger partial charge in [-0.3, -0.25) is 0 Å². The fraction of sp³-hybridized carbons (Fsp3) is 0.111. The molecule has 78 valence electrons. The van der Waals surface area contributed by atoms with Crippen molar-refractivity contribution in [3.05, 3.63) is 17.7 Å². The van der Waals surface area contributed by atoms with Crippen molar-refractivity contribution in [3.63, 3.8) is 0 Å². The molecule has 0 aliphatic carbocycles. The van der Waals surface area contributed by atoms with E-state index in [2.05, 4.69) is 0 Å². The van der Waals surface area contributed by atoms with Crippen molar-refractivity contribution in [2.24, 2.45) is 0 Å². The lowest BCUT2D eigenvalue weighted by Crippen LogP contribution is -2.23. The summed E-state index contributed by atoms with van der Waals surface area (Å²) < 4.78 is 9.60. The quantitative estimate of drug-likeness (QED) is 0.506. The number of carbonyl (C=O) groups is 2. The Morgan fingerprint density at radius 1 is 1.40 bits per heavy atom. The van der Waals surface area contributed by atoms with Crippen LogP contribution in [0, 0.1) is 0 Å². The number of aromatic carboxylic acids is 1. The molecule has 1 aromatic rings. The highest BCUT2D eigenvalue weighted by Gasteiger charge is 2.20. The second-order valence-electron chi connectivity index (χ2n) is 2.86. The van der Waals surface area contributed by atoms with Gasteiger partial charge in [0.2, 0.25) is 0 Å². The molecule has 1 aromatic carbocycles. The highest BCUT2D eigenvalue weighted by Crippen LogP contribution is 2.35. The summed E-state index contributed by atoms with van der Waals surface area (Å²) in [6.45, 7) is -0.287. The van der Waals surface area contributed by atoms with E-state index in [0.717, 1.165) is 12.1 Å². The Morgan fingerprint density at radius 2 is 2.13 bits per heavy atom. The Balaban J connectivity index is 2.50. The van der Waals surface area contributed by atoms with Gasteiger partial charge >= 0.3 is 11.9 Å². The van der Waals surface area contributed by atoms with Crippen LogP contribution in [0.3, 0.4) is 0 Å². The number of fused-ring (bicyclic) bond motifs is 1. The summed E-state index contributed by atoms with van der Waals surface area (Å²) in [6, 6.07) is 1.97. The average Bonchev–Trinajstić information content (AvgIpc) is 2.15. The average molecular weight is 209 g/mol. The number of rotatable bonds is 1. The normalized spacial score (nSPS) is 13.7. The summed E-state index contributed by atoms with van der Waals surface area (Å²) in [6.07, 6.45) is 0. The third-order valence-electron chi connectivity index (χ3n) is 1.85. The van der Waals surface area contributed by atoms with Gasteiger partial charge in [0.05, 0.1) is 5.56 Å². The first-order valence-corrected chi connectivity index (χ1v) is 4.00. The maximum Gasteiger partial charge on any atom is 0.349 e. The molecule has 1 N–H and O–H groups in total. The molecule has 0 bridgehead atoms. The van der Waals surface area contributed by atoms with E-state index < -0.39 is 23.3 Å². The molecule has 0 saturated carbocycles. The molecule has 0 radical (unpaired) electrons. The third kappa shape index (κ3) is 1.56. The summed E-state index contributed by atoms with van der Waals surface area (Å²) in [4.78, 5) is 21.4. The van der Waals surface area contributed by atoms with Gasteiger partial charge in [-0.15, -0.1) is 0 Å². The van der Waals surface area contributed by atoms with Crippen LogP contribution in [0.15, 0.2) is 12.1 Å². The maximum absolute atomic E-state index is 11.2. The van der Waals surface area contributed by atoms with Crippen molar-refractivity contribution in [3.8, 4) is 17.2 Å². The topological polar surface area (TPSA) is 95.9 Å². The second-order valence-corrected chi connectivity index (χ2v) is 2.86. The Labute approximate surface area is 83.7 Å². The van der Waals surface area contributed by atoms with Crippen LogP contribution >= 0.6 is 0 Å². The van der Waals surface area contributed by atoms with Crippen molar-refractivity contribution >= 4 is 11.9 Å². The lowest BCUT2D eigenvalue weighted by Gasteiger charge is -2.20. The van der Waals surface area contributed by atoms with Gasteiger partial charge in [0, 0.05) is 0 Å². The molecule has 0 fully saturated rings. The van der Waals surface area contributed by atoms with Crippen molar-refractivity contribution < 1.29 is 29.3 Å². The molecule has 15 heavy (non-hydrogen) atoms. The highest BCUT2D eigenvalue weighted by molar-refractivity contribution is 5.92. The molecule has 6 nitrogen and oxygen atoms in total. The zero-order chi connectivity index (χ0) is 11.0. The Hall–Kier alpha value is -2.24. The molecule has 0 unspecified atom stereocenters. The van der Waals surface area contributed by atoms with Crippen LogP contribution in [0.2, 0.25) is 0 Å². The van der Waals surface area contributed by atoms with Crippen molar-refractivity contribution in [2.45, 2.75) is 0 Å². The van der Waals surface area contributed by atoms with Crippen LogP contribution in [-0.4, -0.2) is 23.7 Å². The molecule has 1 aliphatic heterocycles. The Bertz CT molecular complexity index is 450. The Morgan fingerprint density at radius 3 is 2.80 bits per heavy atom. The number of esters is 1. The van der Waals surface area contributed by atoms with E-state index in [1.807, 2.05) is 0 Å². The van der Waals surface area contributed by atoms with Crippen LogP contribution in [-0.2, 0) is 4.79 Å².